The Hall–Kier alpha value is -2.42. The number of halogens is 1. The van der Waals surface area contributed by atoms with Gasteiger partial charge in [-0.15, -0.1) is 10.2 Å². The molecule has 2 heterocycles. The average Bonchev–Trinajstić information content (AvgIpc) is 3.29. The Kier molecular flexibility index (Phi) is 5.84. The predicted molar refractivity (Wildman–Crippen MR) is 117 cm³/mol. The highest BCUT2D eigenvalue weighted by atomic mass is 35.5. The average molecular weight is 445 g/mol. The maximum Gasteiger partial charge on any atom is 0.259 e. The van der Waals surface area contributed by atoms with Crippen molar-refractivity contribution in [2.75, 3.05) is 16.0 Å². The number of benzene rings is 2. The van der Waals surface area contributed by atoms with Crippen molar-refractivity contribution in [1.29, 1.82) is 0 Å². The largest absolute Gasteiger partial charge is 0.308 e. The fraction of sp³-hybridized carbons (Fsp3) is 0.200. The summed E-state index contributed by atoms with van der Waals surface area (Å²) in [7, 11) is 0. The van der Waals surface area contributed by atoms with Gasteiger partial charge in [-0.2, -0.15) is 0 Å². The van der Waals surface area contributed by atoms with Gasteiger partial charge in [0.15, 0.2) is 4.34 Å². The molecule has 0 fully saturated rings. The van der Waals surface area contributed by atoms with Crippen molar-refractivity contribution in [3.8, 4) is 0 Å². The number of para-hydroxylation sites is 1. The van der Waals surface area contributed by atoms with Crippen molar-refractivity contribution in [2.45, 2.75) is 23.7 Å². The molecule has 1 atom stereocenters. The number of anilines is 2. The van der Waals surface area contributed by atoms with Gasteiger partial charge in [-0.1, -0.05) is 65.0 Å². The number of nitrogens with one attached hydrogen (secondary N) is 1. The van der Waals surface area contributed by atoms with Gasteiger partial charge in [0.05, 0.1) is 16.3 Å². The predicted octanol–water partition coefficient (Wildman–Crippen LogP) is 4.51. The van der Waals surface area contributed by atoms with E-state index in [1.165, 1.54) is 28.7 Å². The van der Waals surface area contributed by atoms with E-state index < -0.39 is 0 Å². The highest BCUT2D eigenvalue weighted by Gasteiger charge is 2.30. The maximum absolute atomic E-state index is 12.8. The first-order valence-corrected chi connectivity index (χ1v) is 11.1. The molecule has 1 aliphatic heterocycles. The summed E-state index contributed by atoms with van der Waals surface area (Å²) in [5, 5.41) is 11.5. The zero-order valence-corrected chi connectivity index (χ0v) is 17.9. The number of hydrogen-bond donors (Lipinski definition) is 1. The number of carbonyl (C=O) groups is 2. The first-order valence-electron chi connectivity index (χ1n) is 8.95. The van der Waals surface area contributed by atoms with E-state index in [9.17, 15) is 9.59 Å². The smallest absolute Gasteiger partial charge is 0.259 e. The summed E-state index contributed by atoms with van der Waals surface area (Å²) in [5.41, 5.74) is 2.55. The van der Waals surface area contributed by atoms with E-state index in [-0.39, 0.29) is 23.6 Å². The van der Waals surface area contributed by atoms with Crippen LogP contribution < -0.4 is 10.2 Å². The first-order chi connectivity index (χ1) is 14.0. The van der Waals surface area contributed by atoms with Gasteiger partial charge in [-0.3, -0.25) is 14.9 Å². The van der Waals surface area contributed by atoms with Gasteiger partial charge in [-0.05, 0) is 37.1 Å². The fourth-order valence-corrected chi connectivity index (χ4v) is 5.09. The maximum atomic E-state index is 12.8. The van der Waals surface area contributed by atoms with Gasteiger partial charge >= 0.3 is 0 Å². The standard InChI is InChI=1S/C20H17ClN4O2S2/c1-12-10-13-6-2-5-9-16(13)25(12)17(26)11-28-20-24-23-19(29-20)22-18(27)14-7-3-4-8-15(14)21/h2-9,12H,10-11H2,1H3,(H,22,23,27)/t12-/m1/s1. The van der Waals surface area contributed by atoms with E-state index in [2.05, 4.69) is 28.5 Å². The Labute approximate surface area is 181 Å². The van der Waals surface area contributed by atoms with E-state index in [0.29, 0.717) is 20.1 Å². The molecular formula is C20H17ClN4O2S2. The fourth-order valence-electron chi connectivity index (χ4n) is 3.27. The molecule has 148 valence electrons. The van der Waals surface area contributed by atoms with Crippen molar-refractivity contribution < 1.29 is 9.59 Å². The van der Waals surface area contributed by atoms with Crippen LogP contribution in [-0.2, 0) is 11.2 Å². The van der Waals surface area contributed by atoms with Crippen LogP contribution >= 0.6 is 34.7 Å². The number of thioether (sulfide) groups is 1. The molecule has 1 N–H and O–H groups in total. The van der Waals surface area contributed by atoms with E-state index in [0.717, 1.165) is 12.1 Å². The van der Waals surface area contributed by atoms with Crippen molar-refractivity contribution in [3.63, 3.8) is 0 Å². The van der Waals surface area contributed by atoms with Crippen LogP contribution in [0.2, 0.25) is 5.02 Å². The minimum Gasteiger partial charge on any atom is -0.308 e. The second kappa shape index (κ2) is 8.52. The molecule has 0 bridgehead atoms. The molecule has 0 unspecified atom stereocenters. The third-order valence-electron chi connectivity index (χ3n) is 4.54. The van der Waals surface area contributed by atoms with Crippen molar-refractivity contribution in [3.05, 3.63) is 64.7 Å². The molecule has 0 saturated heterocycles. The van der Waals surface area contributed by atoms with Crippen LogP contribution in [-0.4, -0.2) is 33.8 Å². The van der Waals surface area contributed by atoms with Crippen molar-refractivity contribution in [2.24, 2.45) is 0 Å². The van der Waals surface area contributed by atoms with Crippen LogP contribution in [0.4, 0.5) is 10.8 Å². The highest BCUT2D eigenvalue weighted by molar-refractivity contribution is 8.01. The van der Waals surface area contributed by atoms with Gasteiger partial charge < -0.3 is 4.90 Å². The van der Waals surface area contributed by atoms with Crippen LogP contribution in [0.5, 0.6) is 0 Å². The van der Waals surface area contributed by atoms with Crippen molar-refractivity contribution in [1.82, 2.24) is 10.2 Å². The summed E-state index contributed by atoms with van der Waals surface area (Å²) in [4.78, 5) is 26.9. The van der Waals surface area contributed by atoms with Crippen LogP contribution in [0.1, 0.15) is 22.8 Å². The highest BCUT2D eigenvalue weighted by Crippen LogP contribution is 2.33. The van der Waals surface area contributed by atoms with Gasteiger partial charge in [0, 0.05) is 11.7 Å². The first kappa shape index (κ1) is 19.9. The summed E-state index contributed by atoms with van der Waals surface area (Å²) in [6, 6.07) is 14.9. The zero-order valence-electron chi connectivity index (χ0n) is 15.5. The molecule has 2 aromatic carbocycles. The summed E-state index contributed by atoms with van der Waals surface area (Å²) in [6.45, 7) is 2.05. The Morgan fingerprint density at radius 2 is 1.97 bits per heavy atom. The lowest BCUT2D eigenvalue weighted by molar-refractivity contribution is -0.116. The minimum absolute atomic E-state index is 0.0318. The summed E-state index contributed by atoms with van der Waals surface area (Å²) in [6.07, 6.45) is 0.865. The Bertz CT molecular complexity index is 1070. The lowest BCUT2D eigenvalue weighted by atomic mass is 10.1. The summed E-state index contributed by atoms with van der Waals surface area (Å²) in [5.74, 6) is -0.0580. The molecule has 3 aromatic rings. The van der Waals surface area contributed by atoms with Crippen LogP contribution in [0.15, 0.2) is 52.9 Å². The number of rotatable bonds is 5. The lowest BCUT2D eigenvalue weighted by Crippen LogP contribution is -2.36. The van der Waals surface area contributed by atoms with Gasteiger partial charge in [0.2, 0.25) is 11.0 Å². The Morgan fingerprint density at radius 1 is 1.21 bits per heavy atom. The molecule has 9 heteroatoms. The Balaban J connectivity index is 1.37. The van der Waals surface area contributed by atoms with Gasteiger partial charge in [0.1, 0.15) is 0 Å². The number of fused-ring (bicyclic) bond motifs is 1. The third-order valence-corrected chi connectivity index (χ3v) is 6.83. The number of nitrogens with zero attached hydrogens (tertiary/aromatic N) is 3. The van der Waals surface area contributed by atoms with E-state index >= 15 is 0 Å². The number of hydrogen-bond acceptors (Lipinski definition) is 6. The molecule has 29 heavy (non-hydrogen) atoms. The zero-order chi connectivity index (χ0) is 20.4. The van der Waals surface area contributed by atoms with E-state index in [1.807, 2.05) is 23.1 Å². The minimum atomic E-state index is -0.345. The monoisotopic (exact) mass is 444 g/mol. The molecule has 0 spiro atoms. The molecule has 0 aliphatic carbocycles. The normalized spacial score (nSPS) is 15.2. The number of carbonyl (C=O) groups excluding carboxylic acids is 2. The van der Waals surface area contributed by atoms with Crippen molar-refractivity contribution >= 4 is 57.3 Å². The van der Waals surface area contributed by atoms with Crippen LogP contribution in [0.3, 0.4) is 0 Å². The van der Waals surface area contributed by atoms with Gasteiger partial charge in [0.25, 0.3) is 5.91 Å². The topological polar surface area (TPSA) is 75.2 Å². The molecule has 6 nitrogen and oxygen atoms in total. The second-order valence-corrected chi connectivity index (χ2v) is 9.15. The number of amides is 2. The van der Waals surface area contributed by atoms with Gasteiger partial charge in [-0.25, -0.2) is 0 Å². The molecule has 0 radical (unpaired) electrons. The second-order valence-electron chi connectivity index (χ2n) is 6.54. The molecule has 2 amide bonds. The SMILES string of the molecule is C[C@@H]1Cc2ccccc2N1C(=O)CSc1nnc(NC(=O)c2ccccc2Cl)s1. The molecule has 0 saturated carbocycles. The molecule has 1 aliphatic rings. The lowest BCUT2D eigenvalue weighted by Gasteiger charge is -2.22. The van der Waals surface area contributed by atoms with Crippen LogP contribution in [0, 0.1) is 0 Å². The summed E-state index contributed by atoms with van der Waals surface area (Å²) >= 11 is 8.59. The third kappa shape index (κ3) is 4.29. The summed E-state index contributed by atoms with van der Waals surface area (Å²) < 4.78 is 0.618. The van der Waals surface area contributed by atoms with Crippen LogP contribution in [0.25, 0.3) is 0 Å². The quantitative estimate of drug-likeness (QED) is 0.462. The molecular weight excluding hydrogens is 428 g/mol. The Morgan fingerprint density at radius 3 is 2.79 bits per heavy atom. The molecule has 4 rings (SSSR count). The van der Waals surface area contributed by atoms with E-state index in [1.54, 1.807) is 24.3 Å². The molecule has 1 aromatic heterocycles. The number of aromatic nitrogens is 2. The van der Waals surface area contributed by atoms with E-state index in [4.69, 9.17) is 11.6 Å².